The van der Waals surface area contributed by atoms with Gasteiger partial charge in [-0.2, -0.15) is 0 Å². The van der Waals surface area contributed by atoms with Crippen molar-refractivity contribution in [1.29, 1.82) is 0 Å². The molecule has 4 aliphatic rings. The zero-order chi connectivity index (χ0) is 26.3. The summed E-state index contributed by atoms with van der Waals surface area (Å²) >= 11 is 0. The van der Waals surface area contributed by atoms with Crippen LogP contribution in [0.3, 0.4) is 0 Å². The van der Waals surface area contributed by atoms with E-state index in [1.165, 1.54) is 58.4 Å². The highest BCUT2D eigenvalue weighted by molar-refractivity contribution is 6.17. The van der Waals surface area contributed by atoms with E-state index in [2.05, 4.69) is 86.6 Å². The van der Waals surface area contributed by atoms with E-state index < -0.39 is 0 Å². The molecule has 0 amide bonds. The molecule has 3 heteroatoms. The molecule has 0 spiro atoms. The van der Waals surface area contributed by atoms with E-state index in [0.29, 0.717) is 11.3 Å². The van der Waals surface area contributed by atoms with Gasteiger partial charge in [-0.15, -0.1) is 0 Å². The highest BCUT2D eigenvalue weighted by atomic mass is 16.6. The Bertz CT molecular complexity index is 1640. The van der Waals surface area contributed by atoms with Crippen molar-refractivity contribution >= 4 is 27.3 Å². The van der Waals surface area contributed by atoms with Crippen LogP contribution in [0.15, 0.2) is 78.0 Å². The first kappa shape index (κ1) is 23.5. The Morgan fingerprint density at radius 3 is 2.21 bits per heavy atom. The fraction of sp³-hybridized carbons (Fsp3) is 0.417. The molecule has 1 aliphatic heterocycles. The van der Waals surface area contributed by atoms with Gasteiger partial charge in [-0.25, -0.2) is 0 Å². The molecular weight excluding hydrogens is 478 g/mol. The predicted molar refractivity (Wildman–Crippen MR) is 159 cm³/mol. The molecule has 3 saturated carbocycles. The molecule has 198 valence electrons. The third-order valence-corrected chi connectivity index (χ3v) is 11.4. The Morgan fingerprint density at radius 1 is 0.795 bits per heavy atom. The lowest BCUT2D eigenvalue weighted by atomic mass is 9.57. The zero-order valence-corrected chi connectivity index (χ0v) is 23.2. The Kier molecular flexibility index (Phi) is 5.18. The molecule has 0 aromatic heterocycles. The minimum absolute atomic E-state index is 0.189. The molecule has 0 radical (unpaired) electrons. The molecule has 8 rings (SSSR count). The molecule has 1 unspecified atom stereocenters. The predicted octanol–water partition coefficient (Wildman–Crippen LogP) is 8.87. The lowest BCUT2D eigenvalue weighted by molar-refractivity contribution is -0.0401. The quantitative estimate of drug-likeness (QED) is 0.272. The standard InChI is InChI=1S/C36H37NO2/c1-21-12-16-27-32(21)35(28-18-19-36(27,28)2)31-20-29(37-39-31)26-15-13-22-8-4-6-10-24(22)33(26)34-25-11-7-5-9-23(25)14-17-30(34)38-3/h4-11,13-15,17,21,27-28,31-32,35H,12,16,18-20H2,1-3H3/t21-,27+,28+,31+,32-,35?,36-/m1/s1. The fourth-order valence-corrected chi connectivity index (χ4v) is 9.50. The van der Waals surface area contributed by atoms with Crippen molar-refractivity contribution in [2.24, 2.45) is 40.2 Å². The second-order valence-electron chi connectivity index (χ2n) is 12.9. The van der Waals surface area contributed by atoms with Crippen LogP contribution in [-0.2, 0) is 4.84 Å². The van der Waals surface area contributed by atoms with Gasteiger partial charge in [0.05, 0.1) is 12.8 Å². The number of rotatable bonds is 4. The second-order valence-corrected chi connectivity index (χ2v) is 12.9. The van der Waals surface area contributed by atoms with E-state index >= 15 is 0 Å². The number of oxime groups is 1. The van der Waals surface area contributed by atoms with Gasteiger partial charge in [0.2, 0.25) is 0 Å². The normalized spacial score (nSPS) is 32.9. The molecule has 0 bridgehead atoms. The van der Waals surface area contributed by atoms with Crippen molar-refractivity contribution in [1.82, 2.24) is 0 Å². The van der Waals surface area contributed by atoms with Crippen molar-refractivity contribution in [3.05, 3.63) is 78.4 Å². The van der Waals surface area contributed by atoms with E-state index in [-0.39, 0.29) is 6.10 Å². The van der Waals surface area contributed by atoms with Crippen LogP contribution in [0.5, 0.6) is 5.75 Å². The van der Waals surface area contributed by atoms with E-state index in [9.17, 15) is 0 Å². The number of fused-ring (bicyclic) bond motifs is 5. The Labute approximate surface area is 231 Å². The molecule has 4 aromatic carbocycles. The second kappa shape index (κ2) is 8.58. The van der Waals surface area contributed by atoms with E-state index in [1.807, 2.05) is 0 Å². The molecule has 3 fully saturated rings. The fourth-order valence-electron chi connectivity index (χ4n) is 9.50. The topological polar surface area (TPSA) is 30.8 Å². The van der Waals surface area contributed by atoms with Gasteiger partial charge in [-0.05, 0) is 76.0 Å². The summed E-state index contributed by atoms with van der Waals surface area (Å²) in [7, 11) is 1.78. The van der Waals surface area contributed by atoms with Crippen molar-refractivity contribution in [2.75, 3.05) is 7.11 Å². The van der Waals surface area contributed by atoms with Crippen molar-refractivity contribution < 1.29 is 9.57 Å². The number of ether oxygens (including phenoxy) is 1. The lowest BCUT2D eigenvalue weighted by Crippen LogP contribution is -2.42. The number of benzene rings is 4. The molecule has 39 heavy (non-hydrogen) atoms. The maximum Gasteiger partial charge on any atom is 0.136 e. The molecule has 3 nitrogen and oxygen atoms in total. The van der Waals surface area contributed by atoms with Crippen LogP contribution in [0.1, 0.15) is 51.5 Å². The van der Waals surface area contributed by atoms with Crippen molar-refractivity contribution in [3.8, 4) is 16.9 Å². The minimum Gasteiger partial charge on any atom is -0.496 e. The summed E-state index contributed by atoms with van der Waals surface area (Å²) in [5.74, 6) is 4.78. The van der Waals surface area contributed by atoms with Gasteiger partial charge >= 0.3 is 0 Å². The first-order valence-electron chi connectivity index (χ1n) is 14.9. The van der Waals surface area contributed by atoms with Crippen molar-refractivity contribution in [2.45, 2.75) is 52.1 Å². The van der Waals surface area contributed by atoms with Crippen LogP contribution in [-0.4, -0.2) is 18.9 Å². The van der Waals surface area contributed by atoms with E-state index in [4.69, 9.17) is 14.7 Å². The van der Waals surface area contributed by atoms with Gasteiger partial charge in [-0.1, -0.05) is 92.2 Å². The van der Waals surface area contributed by atoms with Crippen LogP contribution in [0.4, 0.5) is 0 Å². The minimum atomic E-state index is 0.189. The van der Waals surface area contributed by atoms with Crippen LogP contribution in [0, 0.1) is 35.0 Å². The summed E-state index contributed by atoms with van der Waals surface area (Å²) in [4.78, 5) is 6.46. The van der Waals surface area contributed by atoms with Gasteiger partial charge in [0.1, 0.15) is 11.9 Å². The number of nitrogens with zero attached hydrogens (tertiary/aromatic N) is 1. The first-order valence-corrected chi connectivity index (χ1v) is 14.9. The van der Waals surface area contributed by atoms with Crippen LogP contribution < -0.4 is 4.74 Å². The van der Waals surface area contributed by atoms with Crippen LogP contribution in [0.2, 0.25) is 0 Å². The van der Waals surface area contributed by atoms with Gasteiger partial charge < -0.3 is 9.57 Å². The van der Waals surface area contributed by atoms with Crippen LogP contribution >= 0.6 is 0 Å². The molecule has 1 heterocycles. The third-order valence-electron chi connectivity index (χ3n) is 11.4. The SMILES string of the molecule is COc1ccc2ccccc2c1-c1c(C2=NO[C@H](C3[C@@H]4[C@H](C)CC[C@@H]4[C@@]4(C)CC[C@@H]34)C2)ccc2ccccc12. The molecule has 3 aliphatic carbocycles. The average Bonchev–Trinajstić information content (AvgIpc) is 3.64. The molecule has 7 atom stereocenters. The van der Waals surface area contributed by atoms with Gasteiger partial charge in [-0.3, -0.25) is 0 Å². The average molecular weight is 516 g/mol. The summed E-state index contributed by atoms with van der Waals surface area (Å²) in [5.41, 5.74) is 5.14. The smallest absolute Gasteiger partial charge is 0.136 e. The summed E-state index contributed by atoms with van der Waals surface area (Å²) in [6.07, 6.45) is 6.64. The molecular formula is C36H37NO2. The maximum atomic E-state index is 6.46. The van der Waals surface area contributed by atoms with Crippen molar-refractivity contribution in [3.63, 3.8) is 0 Å². The summed E-state index contributed by atoms with van der Waals surface area (Å²) < 4.78 is 6.01. The van der Waals surface area contributed by atoms with E-state index in [1.54, 1.807) is 7.11 Å². The summed E-state index contributed by atoms with van der Waals surface area (Å²) in [6, 6.07) is 26.1. The lowest BCUT2D eigenvalue weighted by Gasteiger charge is -2.48. The Hall–Kier alpha value is -3.33. The van der Waals surface area contributed by atoms with Gasteiger partial charge in [0.15, 0.2) is 0 Å². The van der Waals surface area contributed by atoms with Gasteiger partial charge in [0, 0.05) is 29.0 Å². The first-order chi connectivity index (χ1) is 19.1. The third kappa shape index (κ3) is 3.25. The number of hydrogen-bond acceptors (Lipinski definition) is 3. The highest BCUT2D eigenvalue weighted by Crippen LogP contribution is 2.71. The Balaban J connectivity index is 1.25. The molecule has 4 aromatic rings. The Morgan fingerprint density at radius 2 is 1.49 bits per heavy atom. The summed E-state index contributed by atoms with van der Waals surface area (Å²) in [5, 5.41) is 9.76. The highest BCUT2D eigenvalue weighted by Gasteiger charge is 2.66. The molecule has 0 saturated heterocycles. The largest absolute Gasteiger partial charge is 0.496 e. The van der Waals surface area contributed by atoms with E-state index in [0.717, 1.165) is 47.1 Å². The summed E-state index contributed by atoms with van der Waals surface area (Å²) in [6.45, 7) is 5.08. The van der Waals surface area contributed by atoms with Crippen LogP contribution in [0.25, 0.3) is 32.7 Å². The number of methoxy groups -OCH3 is 1. The maximum absolute atomic E-state index is 6.46. The number of hydrogen-bond donors (Lipinski definition) is 0. The van der Waals surface area contributed by atoms with Gasteiger partial charge in [0.25, 0.3) is 0 Å². The molecule has 0 N–H and O–H groups in total. The zero-order valence-electron chi connectivity index (χ0n) is 23.2. The monoisotopic (exact) mass is 515 g/mol.